The van der Waals surface area contributed by atoms with Crippen molar-refractivity contribution < 1.29 is 13.9 Å². The fourth-order valence-electron chi connectivity index (χ4n) is 3.89. The van der Waals surface area contributed by atoms with Crippen LogP contribution in [-0.2, 0) is 29.0 Å². The highest BCUT2D eigenvalue weighted by Crippen LogP contribution is 2.27. The lowest BCUT2D eigenvalue weighted by Crippen LogP contribution is -2.32. The van der Waals surface area contributed by atoms with Crippen molar-refractivity contribution in [3.63, 3.8) is 0 Å². The van der Waals surface area contributed by atoms with Gasteiger partial charge in [0.25, 0.3) is 0 Å². The van der Waals surface area contributed by atoms with Crippen molar-refractivity contribution in [3.05, 3.63) is 64.9 Å². The van der Waals surface area contributed by atoms with Gasteiger partial charge in [0.05, 0.1) is 55.0 Å². The zero-order valence-corrected chi connectivity index (χ0v) is 16.6. The quantitative estimate of drug-likeness (QED) is 0.719. The summed E-state index contributed by atoms with van der Waals surface area (Å²) in [6.45, 7) is 4.25. The summed E-state index contributed by atoms with van der Waals surface area (Å²) in [5.74, 6) is -0.332. The van der Waals surface area contributed by atoms with Crippen LogP contribution in [0.25, 0.3) is 11.3 Å². The van der Waals surface area contributed by atoms with E-state index in [-0.39, 0.29) is 18.1 Å². The number of ether oxygens (including phenoxy) is 1. The summed E-state index contributed by atoms with van der Waals surface area (Å²) in [7, 11) is 0. The van der Waals surface area contributed by atoms with Gasteiger partial charge in [-0.15, -0.1) is 0 Å². The van der Waals surface area contributed by atoms with E-state index in [2.05, 4.69) is 10.1 Å². The molecule has 0 atom stereocenters. The fourth-order valence-corrected chi connectivity index (χ4v) is 3.89. The first-order valence-corrected chi connectivity index (χ1v) is 9.92. The number of pyridine rings is 1. The van der Waals surface area contributed by atoms with Crippen molar-refractivity contribution in [1.82, 2.24) is 19.7 Å². The van der Waals surface area contributed by atoms with Crippen LogP contribution in [0.4, 0.5) is 10.1 Å². The fraction of sp³-hybridized carbons (Fsp3) is 0.318. The second-order valence-corrected chi connectivity index (χ2v) is 7.89. The number of nitrogens with zero attached hydrogens (tertiary/aromatic N) is 4. The lowest BCUT2D eigenvalue weighted by Gasteiger charge is -2.26. The molecule has 2 aliphatic heterocycles. The highest BCUT2D eigenvalue weighted by molar-refractivity contribution is 5.81. The minimum Gasteiger partial charge on any atom is -0.397 e. The van der Waals surface area contributed by atoms with Crippen LogP contribution in [-0.4, -0.2) is 38.8 Å². The molecule has 0 aliphatic carbocycles. The Morgan fingerprint density at radius 3 is 2.80 bits per heavy atom. The summed E-state index contributed by atoms with van der Waals surface area (Å²) in [5, 5.41) is 4.61. The van der Waals surface area contributed by atoms with E-state index in [1.165, 1.54) is 12.1 Å². The number of benzene rings is 1. The van der Waals surface area contributed by atoms with Crippen molar-refractivity contribution in [3.8, 4) is 11.3 Å². The summed E-state index contributed by atoms with van der Waals surface area (Å²) in [6, 6.07) is 8.41. The Hall–Kier alpha value is -3.26. The van der Waals surface area contributed by atoms with E-state index in [0.29, 0.717) is 49.4 Å². The predicted molar refractivity (Wildman–Crippen MR) is 109 cm³/mol. The van der Waals surface area contributed by atoms with Crippen molar-refractivity contribution in [2.45, 2.75) is 32.5 Å². The Balaban J connectivity index is 1.31. The molecule has 5 rings (SSSR count). The van der Waals surface area contributed by atoms with Gasteiger partial charge < -0.3 is 15.4 Å². The van der Waals surface area contributed by atoms with E-state index in [1.54, 1.807) is 23.1 Å². The van der Waals surface area contributed by atoms with Crippen molar-refractivity contribution in [2.24, 2.45) is 0 Å². The molecule has 7 nitrogen and oxygen atoms in total. The number of aryl methyl sites for hydroxylation is 1. The summed E-state index contributed by atoms with van der Waals surface area (Å²) < 4.78 is 20.6. The number of amides is 1. The first-order valence-electron chi connectivity index (χ1n) is 9.92. The van der Waals surface area contributed by atoms with Crippen LogP contribution in [0.15, 0.2) is 36.5 Å². The minimum atomic E-state index is -0.290. The molecule has 0 saturated carbocycles. The molecule has 2 aromatic heterocycles. The predicted octanol–water partition coefficient (Wildman–Crippen LogP) is 2.63. The molecule has 2 aliphatic rings. The molecule has 154 valence electrons. The normalized spacial score (nSPS) is 15.9. The number of halogens is 1. The van der Waals surface area contributed by atoms with E-state index in [1.807, 2.05) is 17.8 Å². The van der Waals surface area contributed by atoms with Crippen LogP contribution >= 0.6 is 0 Å². The van der Waals surface area contributed by atoms with E-state index in [0.717, 1.165) is 22.4 Å². The molecule has 0 unspecified atom stereocenters. The molecule has 1 aromatic carbocycles. The second-order valence-electron chi connectivity index (χ2n) is 7.89. The van der Waals surface area contributed by atoms with Gasteiger partial charge in [-0.2, -0.15) is 5.10 Å². The van der Waals surface area contributed by atoms with Crippen molar-refractivity contribution in [2.75, 3.05) is 18.9 Å². The van der Waals surface area contributed by atoms with Crippen LogP contribution in [0.3, 0.4) is 0 Å². The van der Waals surface area contributed by atoms with E-state index < -0.39 is 0 Å². The Labute approximate surface area is 173 Å². The smallest absolute Gasteiger partial charge is 0.229 e. The molecule has 1 fully saturated rings. The average molecular weight is 407 g/mol. The lowest BCUT2D eigenvalue weighted by atomic mass is 10.0. The molecule has 8 heteroatoms. The van der Waals surface area contributed by atoms with Gasteiger partial charge in [0.2, 0.25) is 5.91 Å². The minimum absolute atomic E-state index is 0.0429. The standard InChI is InChI=1S/C22H22FN5O2/c1-13-6-15(23)2-3-17(13)19-5-4-18(24)20(25-19)7-22(29)27-8-14-9-28(16-11-30-12-16)26-21(14)10-27/h2-6,9,16H,7-8,10-12,24H2,1H3. The van der Waals surface area contributed by atoms with Gasteiger partial charge in [-0.05, 0) is 42.8 Å². The second kappa shape index (κ2) is 7.21. The maximum atomic E-state index is 13.4. The molecule has 4 heterocycles. The third-order valence-corrected chi connectivity index (χ3v) is 5.74. The number of anilines is 1. The topological polar surface area (TPSA) is 86.3 Å². The van der Waals surface area contributed by atoms with Gasteiger partial charge in [0.15, 0.2) is 0 Å². The molecule has 30 heavy (non-hydrogen) atoms. The molecule has 1 saturated heterocycles. The number of hydrogen-bond donors (Lipinski definition) is 1. The lowest BCUT2D eigenvalue weighted by molar-refractivity contribution is -0.131. The number of fused-ring (bicyclic) bond motifs is 1. The maximum absolute atomic E-state index is 13.4. The van der Waals surface area contributed by atoms with Crippen LogP contribution in [0.2, 0.25) is 0 Å². The monoisotopic (exact) mass is 407 g/mol. The van der Waals surface area contributed by atoms with Gasteiger partial charge in [0.1, 0.15) is 5.82 Å². The third kappa shape index (κ3) is 3.33. The summed E-state index contributed by atoms with van der Waals surface area (Å²) in [6.07, 6.45) is 2.13. The van der Waals surface area contributed by atoms with E-state index in [9.17, 15) is 9.18 Å². The number of nitrogens with two attached hydrogens (primary N) is 1. The Morgan fingerprint density at radius 2 is 2.10 bits per heavy atom. The van der Waals surface area contributed by atoms with Crippen LogP contribution in [0.5, 0.6) is 0 Å². The number of carbonyl (C=O) groups is 1. The molecular formula is C22H22FN5O2. The Morgan fingerprint density at radius 1 is 1.27 bits per heavy atom. The first-order chi connectivity index (χ1) is 14.5. The molecule has 0 radical (unpaired) electrons. The van der Waals surface area contributed by atoms with Crippen LogP contribution in [0.1, 0.15) is 28.6 Å². The zero-order chi connectivity index (χ0) is 20.8. The molecule has 0 spiro atoms. The van der Waals surface area contributed by atoms with Crippen molar-refractivity contribution in [1.29, 1.82) is 0 Å². The van der Waals surface area contributed by atoms with Gasteiger partial charge >= 0.3 is 0 Å². The van der Waals surface area contributed by atoms with E-state index in [4.69, 9.17) is 10.5 Å². The highest BCUT2D eigenvalue weighted by atomic mass is 19.1. The summed E-state index contributed by atoms with van der Waals surface area (Å²) in [4.78, 5) is 19.3. The van der Waals surface area contributed by atoms with Crippen molar-refractivity contribution >= 4 is 11.6 Å². The third-order valence-electron chi connectivity index (χ3n) is 5.74. The van der Waals surface area contributed by atoms with Crippen LogP contribution in [0, 0.1) is 12.7 Å². The number of rotatable bonds is 4. The molecule has 3 aromatic rings. The molecule has 1 amide bonds. The molecular weight excluding hydrogens is 385 g/mol. The molecule has 2 N–H and O–H groups in total. The van der Waals surface area contributed by atoms with Gasteiger partial charge in [0, 0.05) is 23.9 Å². The largest absolute Gasteiger partial charge is 0.397 e. The Kier molecular flexibility index (Phi) is 4.51. The van der Waals surface area contributed by atoms with Gasteiger partial charge in [-0.1, -0.05) is 0 Å². The SMILES string of the molecule is Cc1cc(F)ccc1-c1ccc(N)c(CC(=O)N2Cc3cn(C4COC4)nc3C2)n1. The van der Waals surface area contributed by atoms with Gasteiger partial charge in [-0.25, -0.2) is 4.39 Å². The summed E-state index contributed by atoms with van der Waals surface area (Å²) >= 11 is 0. The highest BCUT2D eigenvalue weighted by Gasteiger charge is 2.30. The zero-order valence-electron chi connectivity index (χ0n) is 16.6. The van der Waals surface area contributed by atoms with E-state index >= 15 is 0 Å². The number of nitrogen functional groups attached to an aromatic ring is 1. The Bertz CT molecular complexity index is 1120. The van der Waals surface area contributed by atoms with Crippen LogP contribution < -0.4 is 5.73 Å². The number of aromatic nitrogens is 3. The average Bonchev–Trinajstić information content (AvgIpc) is 3.21. The summed E-state index contributed by atoms with van der Waals surface area (Å²) in [5.41, 5.74) is 11.4. The number of carbonyl (C=O) groups excluding carboxylic acids is 1. The van der Waals surface area contributed by atoms with Gasteiger partial charge in [-0.3, -0.25) is 14.5 Å². The molecule has 0 bridgehead atoms. The first kappa shape index (κ1) is 18.7. The maximum Gasteiger partial charge on any atom is 0.229 e. The number of hydrogen-bond acceptors (Lipinski definition) is 5.